The minimum absolute atomic E-state index is 0.0296. The van der Waals surface area contributed by atoms with Crippen molar-refractivity contribution in [3.63, 3.8) is 0 Å². The Kier molecular flexibility index (Phi) is 7.34. The van der Waals surface area contributed by atoms with E-state index in [2.05, 4.69) is 26.0 Å². The molecule has 2 aromatic rings. The first-order valence-corrected chi connectivity index (χ1v) is 10.1. The summed E-state index contributed by atoms with van der Waals surface area (Å²) in [6.45, 7) is 3.21. The van der Waals surface area contributed by atoms with Crippen LogP contribution in [-0.4, -0.2) is 77.1 Å². The second-order valence-corrected chi connectivity index (χ2v) is 7.32. The molecule has 166 valence electrons. The van der Waals surface area contributed by atoms with Crippen molar-refractivity contribution in [3.05, 3.63) is 41.5 Å². The van der Waals surface area contributed by atoms with Crippen LogP contribution in [-0.2, 0) is 14.3 Å². The molecule has 1 fully saturated rings. The summed E-state index contributed by atoms with van der Waals surface area (Å²) in [4.78, 5) is 26.7. The third-order valence-electron chi connectivity index (χ3n) is 4.94. The predicted molar refractivity (Wildman–Crippen MR) is 115 cm³/mol. The smallest absolute Gasteiger partial charge is 0.257 e. The molecule has 1 saturated heterocycles. The summed E-state index contributed by atoms with van der Waals surface area (Å²) in [6, 6.07) is 4.38. The summed E-state index contributed by atoms with van der Waals surface area (Å²) in [5.74, 6) is -0.797. The number of H-pyrrole nitrogens is 1. The molecule has 3 N–H and O–H groups in total. The van der Waals surface area contributed by atoms with Gasteiger partial charge in [-0.1, -0.05) is 6.07 Å². The van der Waals surface area contributed by atoms with Crippen LogP contribution in [0.1, 0.15) is 24.2 Å². The van der Waals surface area contributed by atoms with Gasteiger partial charge in [-0.25, -0.2) is 4.39 Å². The van der Waals surface area contributed by atoms with Gasteiger partial charge in [0.15, 0.2) is 0 Å². The number of benzene rings is 1. The fourth-order valence-electron chi connectivity index (χ4n) is 3.32. The molecule has 0 radical (unpaired) electrons. The van der Waals surface area contributed by atoms with E-state index in [9.17, 15) is 9.59 Å². The Bertz CT molecular complexity index is 933. The fourth-order valence-corrected chi connectivity index (χ4v) is 3.44. The van der Waals surface area contributed by atoms with E-state index in [4.69, 9.17) is 17.0 Å². The number of hydrogen-bond acceptors (Lipinski definition) is 7. The molecule has 0 spiro atoms. The largest absolute Gasteiger partial charge is 0.474 e. The maximum atomic E-state index is 15.0. The Morgan fingerprint density at radius 2 is 2.06 bits per heavy atom. The van der Waals surface area contributed by atoms with Crippen molar-refractivity contribution in [1.29, 1.82) is 0 Å². The topological polar surface area (TPSA) is 115 Å². The van der Waals surface area contributed by atoms with E-state index in [0.717, 1.165) is 0 Å². The lowest BCUT2D eigenvalue weighted by molar-refractivity contribution is -0.132. The van der Waals surface area contributed by atoms with Crippen LogP contribution in [0.2, 0.25) is 0 Å². The van der Waals surface area contributed by atoms with E-state index in [-0.39, 0.29) is 23.5 Å². The molecule has 0 aliphatic carbocycles. The van der Waals surface area contributed by atoms with Crippen LogP contribution in [0, 0.1) is 5.82 Å². The molecule has 10 nitrogen and oxygen atoms in total. The molecule has 1 aliphatic rings. The van der Waals surface area contributed by atoms with Crippen LogP contribution in [0.5, 0.6) is 0 Å². The third kappa shape index (κ3) is 5.66. The molecule has 0 saturated carbocycles. The second-order valence-electron chi connectivity index (χ2n) is 6.95. The number of carbonyl (C=O) groups excluding carboxylic acids is 2. The number of hydrogen-bond donors (Lipinski definition) is 3. The van der Waals surface area contributed by atoms with E-state index in [1.54, 1.807) is 17.0 Å². The number of ether oxygens (including phenoxy) is 1. The van der Waals surface area contributed by atoms with E-state index in [1.807, 2.05) is 4.90 Å². The van der Waals surface area contributed by atoms with Crippen molar-refractivity contribution in [1.82, 2.24) is 30.9 Å². The highest BCUT2D eigenvalue weighted by molar-refractivity contribution is 7.80. The number of nitrogens with zero attached hydrogens (tertiary/aromatic N) is 4. The first kappa shape index (κ1) is 22.4. The zero-order chi connectivity index (χ0) is 22.4. The number of aromatic amines is 1. The number of rotatable bonds is 6. The second kappa shape index (κ2) is 10.2. The fraction of sp³-hybridized carbons (Fsp3) is 0.421. The highest BCUT2D eigenvalue weighted by Crippen LogP contribution is 2.27. The molecular formula is C19H24FN7O3S. The van der Waals surface area contributed by atoms with Gasteiger partial charge in [-0.15, -0.1) is 0 Å². The van der Waals surface area contributed by atoms with Gasteiger partial charge in [-0.2, -0.15) is 15.4 Å². The molecule has 1 aromatic heterocycles. The average Bonchev–Trinajstić information content (AvgIpc) is 3.30. The van der Waals surface area contributed by atoms with Crippen LogP contribution >= 0.6 is 12.2 Å². The molecule has 1 unspecified atom stereocenters. The Hall–Kier alpha value is -3.28. The van der Waals surface area contributed by atoms with Gasteiger partial charge in [0.2, 0.25) is 11.8 Å². The van der Waals surface area contributed by atoms with Gasteiger partial charge in [-0.05, 0) is 29.9 Å². The van der Waals surface area contributed by atoms with Crippen molar-refractivity contribution in [3.8, 4) is 0 Å². The number of amides is 2. The summed E-state index contributed by atoms with van der Waals surface area (Å²) in [5, 5.41) is 16.0. The van der Waals surface area contributed by atoms with Crippen LogP contribution in [0.4, 0.5) is 10.1 Å². The highest BCUT2D eigenvalue weighted by atomic mass is 32.1. The average molecular weight is 450 g/mol. The number of piperazine rings is 1. The molecule has 3 rings (SSSR count). The Morgan fingerprint density at radius 1 is 1.32 bits per heavy atom. The number of thiocarbonyl (C=S) groups is 1. The Balaban J connectivity index is 1.69. The standard InChI is InChI=1S/C19H24FN7O3S/c1-12(28)21-11-17(29)27-7-5-26(6-8-27)16-4-3-13(9-14(16)20)18(23-19(31)30-2)15-10-22-25-24-15/h3-4,9-10,18H,5-8,11H2,1-2H3,(H,21,28)(H,23,31)(H,22,24,25). The van der Waals surface area contributed by atoms with Crippen molar-refractivity contribution in [2.24, 2.45) is 0 Å². The zero-order valence-corrected chi connectivity index (χ0v) is 18.0. The first-order chi connectivity index (χ1) is 14.9. The number of carbonyl (C=O) groups is 2. The van der Waals surface area contributed by atoms with E-state index >= 15 is 4.39 Å². The minimum Gasteiger partial charge on any atom is -0.474 e. The molecule has 1 aromatic carbocycles. The molecule has 1 aliphatic heterocycles. The SMILES string of the molecule is COC(=S)NC(c1ccc(N2CCN(C(=O)CNC(C)=O)CC2)c(F)c1)c1cn[nH]n1. The summed E-state index contributed by atoms with van der Waals surface area (Å²) in [5.41, 5.74) is 1.60. The number of aromatic nitrogens is 3. The quantitative estimate of drug-likeness (QED) is 0.541. The van der Waals surface area contributed by atoms with Gasteiger partial charge in [0.1, 0.15) is 17.6 Å². The normalized spacial score (nSPS) is 14.7. The van der Waals surface area contributed by atoms with E-state index < -0.39 is 11.9 Å². The van der Waals surface area contributed by atoms with Crippen molar-refractivity contribution in [2.75, 3.05) is 44.7 Å². The maximum absolute atomic E-state index is 15.0. The molecule has 2 heterocycles. The number of anilines is 1. The number of halogens is 1. The lowest BCUT2D eigenvalue weighted by Crippen LogP contribution is -2.51. The zero-order valence-electron chi connectivity index (χ0n) is 17.2. The van der Waals surface area contributed by atoms with Gasteiger partial charge in [-0.3, -0.25) is 9.59 Å². The Labute approximate surface area is 184 Å². The molecular weight excluding hydrogens is 425 g/mol. The predicted octanol–water partition coefficient (Wildman–Crippen LogP) is 0.339. The lowest BCUT2D eigenvalue weighted by atomic mass is 10.0. The van der Waals surface area contributed by atoms with Crippen LogP contribution < -0.4 is 15.5 Å². The monoisotopic (exact) mass is 449 g/mol. The van der Waals surface area contributed by atoms with Crippen molar-refractivity contribution in [2.45, 2.75) is 13.0 Å². The first-order valence-electron chi connectivity index (χ1n) is 9.65. The van der Waals surface area contributed by atoms with Crippen molar-refractivity contribution >= 4 is 34.9 Å². The van der Waals surface area contributed by atoms with Gasteiger partial charge < -0.3 is 25.2 Å². The number of methoxy groups -OCH3 is 1. The van der Waals surface area contributed by atoms with Gasteiger partial charge >= 0.3 is 0 Å². The van der Waals surface area contributed by atoms with Crippen LogP contribution in [0.25, 0.3) is 0 Å². The molecule has 31 heavy (non-hydrogen) atoms. The summed E-state index contributed by atoms with van der Waals surface area (Å²) in [6.07, 6.45) is 1.53. The summed E-state index contributed by atoms with van der Waals surface area (Å²) in [7, 11) is 1.44. The van der Waals surface area contributed by atoms with Crippen molar-refractivity contribution < 1.29 is 18.7 Å². The minimum atomic E-state index is -0.530. The molecule has 2 amide bonds. The van der Waals surface area contributed by atoms with Gasteiger partial charge in [0, 0.05) is 33.1 Å². The van der Waals surface area contributed by atoms with Crippen LogP contribution in [0.15, 0.2) is 24.4 Å². The summed E-state index contributed by atoms with van der Waals surface area (Å²) >= 11 is 5.08. The maximum Gasteiger partial charge on any atom is 0.257 e. The van der Waals surface area contributed by atoms with E-state index in [1.165, 1.54) is 26.3 Å². The summed E-state index contributed by atoms with van der Waals surface area (Å²) < 4.78 is 20.0. The molecule has 12 heteroatoms. The third-order valence-corrected chi connectivity index (χ3v) is 5.23. The van der Waals surface area contributed by atoms with E-state index in [0.29, 0.717) is 43.1 Å². The lowest BCUT2D eigenvalue weighted by Gasteiger charge is -2.36. The highest BCUT2D eigenvalue weighted by Gasteiger charge is 2.25. The molecule has 1 atom stereocenters. The number of nitrogens with one attached hydrogen (secondary N) is 3. The molecule has 0 bridgehead atoms. The Morgan fingerprint density at radius 3 is 2.65 bits per heavy atom. The van der Waals surface area contributed by atoms with Gasteiger partial charge in [0.25, 0.3) is 5.17 Å². The van der Waals surface area contributed by atoms with Crippen LogP contribution in [0.3, 0.4) is 0 Å². The van der Waals surface area contributed by atoms with Gasteiger partial charge in [0.05, 0.1) is 25.5 Å².